The van der Waals surface area contributed by atoms with Crippen molar-refractivity contribution in [2.75, 3.05) is 0 Å². The molecule has 0 spiro atoms. The molecule has 1 saturated carbocycles. The first-order valence-electron chi connectivity index (χ1n) is 18.4. The average Bonchev–Trinajstić information content (AvgIpc) is 3.55. The van der Waals surface area contributed by atoms with Gasteiger partial charge < -0.3 is 31.3 Å². The highest BCUT2D eigenvalue weighted by molar-refractivity contribution is 6.38. The standard InChI is InChI=1S/C38H49N7O8/c1-5-10-25(32(46)36(50)42-26(38(52)53)17-22-11-7-6-8-12-22)41-34(48)28-18-23-13-9-14-24-21(4)30(37(51)45(28)31(23)24)44-35(49)29(20(2)3)43-33(47)27-19-39-15-16-40-27/h6-8,11-12,15-16,19-21,23-26,28-31H,5,9-10,13-14,17-18H2,1-4H3,(H,41,48)(H,42,50)(H,43,47)(H,44,49)(H,52,53)/t21?,23?,24?,25?,26-,28-,29?,30-,31?/m0/s1. The van der Waals surface area contributed by atoms with Crippen LogP contribution in [0.5, 0.6) is 0 Å². The van der Waals surface area contributed by atoms with Crippen LogP contribution in [0.4, 0.5) is 0 Å². The summed E-state index contributed by atoms with van der Waals surface area (Å²) in [6.07, 6.45) is 7.49. The molecule has 0 bridgehead atoms. The Balaban J connectivity index is 1.31. The molecule has 3 aliphatic rings. The van der Waals surface area contributed by atoms with Crippen molar-refractivity contribution in [2.45, 2.75) is 109 Å². The second-order valence-corrected chi connectivity index (χ2v) is 14.7. The number of aliphatic carboxylic acids is 1. The predicted octanol–water partition coefficient (Wildman–Crippen LogP) is 1.42. The number of carbonyl (C=O) groups excluding carboxylic acids is 6. The zero-order chi connectivity index (χ0) is 38.4. The first-order valence-corrected chi connectivity index (χ1v) is 18.4. The molecule has 0 radical (unpaired) electrons. The lowest BCUT2D eigenvalue weighted by molar-refractivity contribution is -0.154. The van der Waals surface area contributed by atoms with Crippen LogP contribution in [0.1, 0.15) is 82.3 Å². The lowest BCUT2D eigenvalue weighted by atomic mass is 9.68. The highest BCUT2D eigenvalue weighted by atomic mass is 16.4. The highest BCUT2D eigenvalue weighted by Gasteiger charge is 2.58. The van der Waals surface area contributed by atoms with Crippen molar-refractivity contribution >= 4 is 41.3 Å². The Kier molecular flexibility index (Phi) is 12.6. The maximum absolute atomic E-state index is 14.4. The van der Waals surface area contributed by atoms with Crippen LogP contribution in [0.3, 0.4) is 0 Å². The zero-order valence-corrected chi connectivity index (χ0v) is 30.5. The van der Waals surface area contributed by atoms with E-state index in [9.17, 15) is 38.7 Å². The largest absolute Gasteiger partial charge is 0.480 e. The van der Waals surface area contributed by atoms with Crippen LogP contribution in [0.15, 0.2) is 48.9 Å². The minimum absolute atomic E-state index is 0.00218. The molecule has 2 saturated heterocycles. The maximum Gasteiger partial charge on any atom is 0.326 e. The van der Waals surface area contributed by atoms with Crippen LogP contribution in [0.25, 0.3) is 0 Å². The second-order valence-electron chi connectivity index (χ2n) is 14.7. The van der Waals surface area contributed by atoms with E-state index in [1.807, 2.05) is 6.92 Å². The van der Waals surface area contributed by atoms with E-state index in [0.717, 1.165) is 19.3 Å². The molecule has 1 aromatic carbocycles. The van der Waals surface area contributed by atoms with Crippen LogP contribution in [-0.2, 0) is 35.2 Å². The van der Waals surface area contributed by atoms with Gasteiger partial charge in [0.1, 0.15) is 29.9 Å². The second kappa shape index (κ2) is 17.1. The minimum Gasteiger partial charge on any atom is -0.480 e. The molecule has 6 unspecified atom stereocenters. The number of carboxylic acids is 1. The molecule has 1 aliphatic carbocycles. The fourth-order valence-corrected chi connectivity index (χ4v) is 8.21. The lowest BCUT2D eigenvalue weighted by Gasteiger charge is -2.50. The van der Waals surface area contributed by atoms with Crippen molar-refractivity contribution in [3.63, 3.8) is 0 Å². The van der Waals surface area contributed by atoms with E-state index in [2.05, 4.69) is 31.2 Å². The number of aromatic nitrogens is 2. The number of hydrogen-bond donors (Lipinski definition) is 5. The van der Waals surface area contributed by atoms with Crippen molar-refractivity contribution in [1.29, 1.82) is 0 Å². The Hall–Kier alpha value is -5.21. The molecular formula is C38H49N7O8. The number of benzene rings is 1. The van der Waals surface area contributed by atoms with E-state index < -0.39 is 71.5 Å². The Morgan fingerprint density at radius 1 is 0.981 bits per heavy atom. The van der Waals surface area contributed by atoms with Crippen molar-refractivity contribution in [2.24, 2.45) is 23.7 Å². The SMILES string of the molecule is CCCC(NC(=O)[C@@H]1CC2CCCC3C(C)[C@H](NC(=O)C(NC(=O)c4cnccn4)C(C)C)C(=O)N1C23)C(=O)C(=O)N[C@@H](Cc1ccccc1)C(=O)O. The monoisotopic (exact) mass is 731 g/mol. The van der Waals surface area contributed by atoms with Crippen molar-refractivity contribution in [1.82, 2.24) is 36.1 Å². The molecule has 15 nitrogen and oxygen atoms in total. The van der Waals surface area contributed by atoms with Crippen LogP contribution < -0.4 is 21.3 Å². The fourth-order valence-electron chi connectivity index (χ4n) is 8.21. The van der Waals surface area contributed by atoms with E-state index in [0.29, 0.717) is 18.4 Å². The normalized spacial score (nSPS) is 25.0. The molecule has 5 amide bonds. The fraction of sp³-hybridized carbons (Fsp3) is 0.553. The number of hydrogen-bond acceptors (Lipinski definition) is 9. The Morgan fingerprint density at radius 2 is 1.72 bits per heavy atom. The smallest absolute Gasteiger partial charge is 0.326 e. The number of Topliss-reactive ketones (excluding diaryl/α,β-unsaturated/α-hetero) is 1. The molecule has 1 aromatic heterocycles. The van der Waals surface area contributed by atoms with Gasteiger partial charge in [-0.25, -0.2) is 9.78 Å². The number of carboxylic acid groups (broad SMARTS) is 1. The van der Waals surface area contributed by atoms with Gasteiger partial charge in [-0.05, 0) is 54.9 Å². The van der Waals surface area contributed by atoms with Crippen molar-refractivity contribution < 1.29 is 38.7 Å². The first-order chi connectivity index (χ1) is 25.3. The van der Waals surface area contributed by atoms with Crippen molar-refractivity contribution in [3.05, 3.63) is 60.2 Å². The molecular weight excluding hydrogens is 682 g/mol. The van der Waals surface area contributed by atoms with Gasteiger partial charge in [-0.2, -0.15) is 0 Å². The van der Waals surface area contributed by atoms with Gasteiger partial charge in [-0.15, -0.1) is 0 Å². The van der Waals surface area contributed by atoms with Gasteiger partial charge in [0, 0.05) is 24.9 Å². The van der Waals surface area contributed by atoms with Gasteiger partial charge in [-0.3, -0.25) is 33.8 Å². The topological polar surface area (TPSA) is 217 Å². The third-order valence-corrected chi connectivity index (χ3v) is 10.9. The lowest BCUT2D eigenvalue weighted by Crippen LogP contribution is -2.67. The minimum atomic E-state index is -1.36. The number of nitrogens with zero attached hydrogens (tertiary/aromatic N) is 3. The number of nitrogens with one attached hydrogen (secondary N) is 4. The highest BCUT2D eigenvalue weighted by Crippen LogP contribution is 2.49. The Morgan fingerprint density at radius 3 is 2.36 bits per heavy atom. The summed E-state index contributed by atoms with van der Waals surface area (Å²) in [5.74, 6) is -6.07. The predicted molar refractivity (Wildman–Crippen MR) is 191 cm³/mol. The van der Waals surface area contributed by atoms with Gasteiger partial charge in [0.2, 0.25) is 23.5 Å². The van der Waals surface area contributed by atoms with Gasteiger partial charge >= 0.3 is 5.97 Å². The number of piperidine rings is 1. The maximum atomic E-state index is 14.4. The Labute approximate surface area is 308 Å². The summed E-state index contributed by atoms with van der Waals surface area (Å²) in [4.78, 5) is 103. The molecule has 284 valence electrons. The molecule has 3 heterocycles. The van der Waals surface area contributed by atoms with Crippen LogP contribution >= 0.6 is 0 Å². The molecule has 2 aliphatic heterocycles. The van der Waals surface area contributed by atoms with Gasteiger partial charge in [0.25, 0.3) is 11.8 Å². The van der Waals surface area contributed by atoms with E-state index in [1.165, 1.54) is 18.6 Å². The summed E-state index contributed by atoms with van der Waals surface area (Å²) < 4.78 is 0. The summed E-state index contributed by atoms with van der Waals surface area (Å²) in [5.41, 5.74) is 0.704. The summed E-state index contributed by atoms with van der Waals surface area (Å²) in [5, 5.41) is 20.4. The van der Waals surface area contributed by atoms with Crippen LogP contribution in [0.2, 0.25) is 0 Å². The van der Waals surface area contributed by atoms with E-state index in [-0.39, 0.29) is 48.2 Å². The van der Waals surface area contributed by atoms with Crippen LogP contribution in [0, 0.1) is 23.7 Å². The molecule has 15 heteroatoms. The molecule has 3 fully saturated rings. The third kappa shape index (κ3) is 8.71. The summed E-state index contributed by atoms with van der Waals surface area (Å²) in [7, 11) is 0. The van der Waals surface area contributed by atoms with Crippen molar-refractivity contribution in [3.8, 4) is 0 Å². The quantitative estimate of drug-likeness (QED) is 0.166. The van der Waals surface area contributed by atoms with Gasteiger partial charge in [0.15, 0.2) is 0 Å². The van der Waals surface area contributed by atoms with Gasteiger partial charge in [-0.1, -0.05) is 70.9 Å². The third-order valence-electron chi connectivity index (χ3n) is 10.9. The summed E-state index contributed by atoms with van der Waals surface area (Å²) in [6, 6.07) is 2.96. The molecule has 53 heavy (non-hydrogen) atoms. The summed E-state index contributed by atoms with van der Waals surface area (Å²) >= 11 is 0. The molecule has 9 atom stereocenters. The number of amides is 5. The zero-order valence-electron chi connectivity index (χ0n) is 30.5. The van der Waals surface area contributed by atoms with Crippen LogP contribution in [-0.4, -0.2) is 97.5 Å². The first kappa shape index (κ1) is 39.0. The number of rotatable bonds is 15. The van der Waals surface area contributed by atoms with E-state index in [4.69, 9.17) is 0 Å². The Bertz CT molecular complexity index is 1690. The molecule has 5 rings (SSSR count). The average molecular weight is 732 g/mol. The van der Waals surface area contributed by atoms with Gasteiger partial charge in [0.05, 0.1) is 12.2 Å². The number of ketones is 1. The summed E-state index contributed by atoms with van der Waals surface area (Å²) in [6.45, 7) is 7.27. The molecule has 5 N–H and O–H groups in total. The van der Waals surface area contributed by atoms with E-state index >= 15 is 0 Å². The molecule has 2 aromatic rings. The number of carbonyl (C=O) groups is 7. The van der Waals surface area contributed by atoms with E-state index in [1.54, 1.807) is 56.0 Å².